The molecule has 1 unspecified atom stereocenters. The Hall–Kier alpha value is -1.30. The molecule has 0 aliphatic carbocycles. The third-order valence-electron chi connectivity index (χ3n) is 3.67. The van der Waals surface area contributed by atoms with Crippen LogP contribution in [-0.2, 0) is 0 Å². The molecule has 0 saturated heterocycles. The van der Waals surface area contributed by atoms with E-state index in [-0.39, 0.29) is 0 Å². The molecule has 95 valence electrons. The molecule has 0 aliphatic rings. The minimum absolute atomic E-state index is 0.424. The molecule has 1 radical (unpaired) electrons. The highest BCUT2D eigenvalue weighted by atomic mass is 14.1. The minimum Gasteiger partial charge on any atom is -0.0654 e. The number of benzene rings is 2. The summed E-state index contributed by atoms with van der Waals surface area (Å²) >= 11 is 0. The van der Waals surface area contributed by atoms with Crippen molar-refractivity contribution in [1.82, 2.24) is 0 Å². The first-order chi connectivity index (χ1) is 8.83. The van der Waals surface area contributed by atoms with Crippen molar-refractivity contribution >= 4 is 10.8 Å². The summed E-state index contributed by atoms with van der Waals surface area (Å²) in [7, 11) is 0. The molecule has 0 aliphatic heterocycles. The van der Waals surface area contributed by atoms with Crippen LogP contribution in [0.5, 0.6) is 0 Å². The standard InChI is InChI=1S/C18H23/c1-3-4-5-6-10-15(2)17-14-9-12-16-11-7-8-13-18(16)17/h7-9,11-15H,2-6,10H2,1H3. The maximum absolute atomic E-state index is 4.36. The molecule has 0 bridgehead atoms. The lowest BCUT2D eigenvalue weighted by molar-refractivity contribution is 0.604. The highest BCUT2D eigenvalue weighted by Gasteiger charge is 2.08. The first kappa shape index (κ1) is 13.1. The van der Waals surface area contributed by atoms with Crippen molar-refractivity contribution in [2.24, 2.45) is 0 Å². The summed E-state index contributed by atoms with van der Waals surface area (Å²) in [4.78, 5) is 0. The number of unbranched alkanes of at least 4 members (excludes halogenated alkanes) is 3. The Morgan fingerprint density at radius 1 is 0.944 bits per heavy atom. The van der Waals surface area contributed by atoms with Gasteiger partial charge in [-0.05, 0) is 35.6 Å². The minimum atomic E-state index is 0.424. The predicted molar refractivity (Wildman–Crippen MR) is 80.8 cm³/mol. The molecule has 2 aromatic rings. The molecule has 18 heavy (non-hydrogen) atoms. The van der Waals surface area contributed by atoms with Gasteiger partial charge in [0.1, 0.15) is 0 Å². The summed E-state index contributed by atoms with van der Waals surface area (Å²) in [6.45, 7) is 6.61. The number of hydrogen-bond donors (Lipinski definition) is 0. The van der Waals surface area contributed by atoms with E-state index in [1.54, 1.807) is 0 Å². The second-order valence-corrected chi connectivity index (χ2v) is 5.11. The Bertz CT molecular complexity index is 479. The quantitative estimate of drug-likeness (QED) is 0.565. The van der Waals surface area contributed by atoms with Crippen LogP contribution in [0.2, 0.25) is 0 Å². The molecule has 0 fully saturated rings. The van der Waals surface area contributed by atoms with E-state index in [1.165, 1.54) is 48.4 Å². The van der Waals surface area contributed by atoms with Crippen LogP contribution in [0.25, 0.3) is 10.8 Å². The smallest absolute Gasteiger partial charge is 0.0149 e. The van der Waals surface area contributed by atoms with E-state index >= 15 is 0 Å². The van der Waals surface area contributed by atoms with E-state index in [0.29, 0.717) is 5.92 Å². The molecular formula is C18H23. The van der Waals surface area contributed by atoms with E-state index < -0.39 is 0 Å². The maximum atomic E-state index is 4.36. The summed E-state index contributed by atoms with van der Waals surface area (Å²) in [6.07, 6.45) is 6.49. The van der Waals surface area contributed by atoms with E-state index in [4.69, 9.17) is 0 Å². The molecule has 0 spiro atoms. The van der Waals surface area contributed by atoms with Crippen molar-refractivity contribution in [1.29, 1.82) is 0 Å². The van der Waals surface area contributed by atoms with Crippen LogP contribution in [0.15, 0.2) is 42.5 Å². The SMILES string of the molecule is [CH2]C(CCCCCC)c1cccc2ccccc12. The van der Waals surface area contributed by atoms with Crippen molar-refractivity contribution in [3.63, 3.8) is 0 Å². The molecule has 2 aromatic carbocycles. The van der Waals surface area contributed by atoms with Crippen molar-refractivity contribution < 1.29 is 0 Å². The molecule has 0 saturated carbocycles. The zero-order chi connectivity index (χ0) is 12.8. The first-order valence-corrected chi connectivity index (χ1v) is 7.13. The summed E-state index contributed by atoms with van der Waals surface area (Å²) in [5.41, 5.74) is 1.41. The first-order valence-electron chi connectivity index (χ1n) is 7.13. The second-order valence-electron chi connectivity index (χ2n) is 5.11. The van der Waals surface area contributed by atoms with Crippen LogP contribution in [0.4, 0.5) is 0 Å². The summed E-state index contributed by atoms with van der Waals surface area (Å²) < 4.78 is 0. The van der Waals surface area contributed by atoms with Gasteiger partial charge in [0.25, 0.3) is 0 Å². The van der Waals surface area contributed by atoms with Gasteiger partial charge < -0.3 is 0 Å². The van der Waals surface area contributed by atoms with Gasteiger partial charge in [0.05, 0.1) is 0 Å². The van der Waals surface area contributed by atoms with Gasteiger partial charge in [0.15, 0.2) is 0 Å². The van der Waals surface area contributed by atoms with Gasteiger partial charge >= 0.3 is 0 Å². The Labute approximate surface area is 111 Å². The van der Waals surface area contributed by atoms with E-state index in [9.17, 15) is 0 Å². The zero-order valence-corrected chi connectivity index (χ0v) is 11.4. The largest absolute Gasteiger partial charge is 0.0654 e. The Morgan fingerprint density at radius 3 is 2.56 bits per heavy atom. The number of rotatable bonds is 6. The number of fused-ring (bicyclic) bond motifs is 1. The average molecular weight is 239 g/mol. The van der Waals surface area contributed by atoms with Crippen molar-refractivity contribution in [3.8, 4) is 0 Å². The van der Waals surface area contributed by atoms with Gasteiger partial charge in [0.2, 0.25) is 0 Å². The molecular weight excluding hydrogens is 216 g/mol. The molecule has 0 amide bonds. The molecule has 0 aromatic heterocycles. The van der Waals surface area contributed by atoms with E-state index in [0.717, 1.165) is 0 Å². The lowest BCUT2D eigenvalue weighted by atomic mass is 9.91. The molecule has 0 heterocycles. The average Bonchev–Trinajstić information content (AvgIpc) is 2.43. The fourth-order valence-corrected chi connectivity index (χ4v) is 2.58. The van der Waals surface area contributed by atoms with Gasteiger partial charge in [-0.1, -0.05) is 75.1 Å². The van der Waals surface area contributed by atoms with E-state index in [2.05, 4.69) is 56.3 Å². The Balaban J connectivity index is 2.10. The summed E-state index contributed by atoms with van der Waals surface area (Å²) in [6, 6.07) is 15.2. The molecule has 0 heteroatoms. The fraction of sp³-hybridized carbons (Fsp3) is 0.389. The third kappa shape index (κ3) is 3.13. The van der Waals surface area contributed by atoms with Crippen LogP contribution in [0, 0.1) is 6.92 Å². The van der Waals surface area contributed by atoms with Gasteiger partial charge in [-0.25, -0.2) is 0 Å². The summed E-state index contributed by atoms with van der Waals surface area (Å²) in [5.74, 6) is 0.424. The normalized spacial score (nSPS) is 12.8. The van der Waals surface area contributed by atoms with Crippen molar-refractivity contribution in [3.05, 3.63) is 55.0 Å². The maximum Gasteiger partial charge on any atom is -0.0149 e. The van der Waals surface area contributed by atoms with Crippen LogP contribution in [0.1, 0.15) is 50.5 Å². The number of hydrogen-bond acceptors (Lipinski definition) is 0. The lowest BCUT2D eigenvalue weighted by Gasteiger charge is -2.14. The van der Waals surface area contributed by atoms with E-state index in [1.807, 2.05) is 0 Å². The fourth-order valence-electron chi connectivity index (χ4n) is 2.58. The highest BCUT2D eigenvalue weighted by molar-refractivity contribution is 5.86. The predicted octanol–water partition coefficient (Wildman–Crippen LogP) is 5.73. The molecule has 2 rings (SSSR count). The summed E-state index contributed by atoms with van der Waals surface area (Å²) in [5, 5.41) is 2.70. The Morgan fingerprint density at radius 2 is 1.72 bits per heavy atom. The zero-order valence-electron chi connectivity index (χ0n) is 11.4. The van der Waals surface area contributed by atoms with Crippen molar-refractivity contribution in [2.45, 2.75) is 44.9 Å². The highest BCUT2D eigenvalue weighted by Crippen LogP contribution is 2.28. The van der Waals surface area contributed by atoms with Gasteiger partial charge in [-0.2, -0.15) is 0 Å². The molecule has 0 N–H and O–H groups in total. The Kier molecular flexibility index (Phi) is 4.81. The van der Waals surface area contributed by atoms with Crippen molar-refractivity contribution in [2.75, 3.05) is 0 Å². The van der Waals surface area contributed by atoms with Gasteiger partial charge in [-0.15, -0.1) is 0 Å². The molecule has 1 atom stereocenters. The second kappa shape index (κ2) is 6.58. The topological polar surface area (TPSA) is 0 Å². The van der Waals surface area contributed by atoms with Gasteiger partial charge in [0, 0.05) is 0 Å². The van der Waals surface area contributed by atoms with Crippen LogP contribution < -0.4 is 0 Å². The molecule has 0 nitrogen and oxygen atoms in total. The third-order valence-corrected chi connectivity index (χ3v) is 3.67. The van der Waals surface area contributed by atoms with Crippen LogP contribution in [0.3, 0.4) is 0 Å². The van der Waals surface area contributed by atoms with Crippen LogP contribution in [-0.4, -0.2) is 0 Å². The van der Waals surface area contributed by atoms with Crippen LogP contribution >= 0.6 is 0 Å². The lowest BCUT2D eigenvalue weighted by Crippen LogP contribution is -1.95. The monoisotopic (exact) mass is 239 g/mol. The van der Waals surface area contributed by atoms with Gasteiger partial charge in [-0.3, -0.25) is 0 Å².